The van der Waals surface area contributed by atoms with E-state index in [0.29, 0.717) is 32.1 Å². The second-order valence-electron chi connectivity index (χ2n) is 6.93. The minimum absolute atomic E-state index is 0.223. The first-order chi connectivity index (χ1) is 15.5. The Balaban J connectivity index is 1.92. The van der Waals surface area contributed by atoms with Crippen LogP contribution in [0, 0.1) is 0 Å². The van der Waals surface area contributed by atoms with Crippen LogP contribution in [0.4, 0.5) is 0 Å². The van der Waals surface area contributed by atoms with Gasteiger partial charge in [0.05, 0.1) is 36.6 Å². The number of hydrogen-bond donors (Lipinski definition) is 0. The maximum Gasteiger partial charge on any atom is 0.338 e. The molecule has 0 radical (unpaired) electrons. The molecule has 1 aliphatic heterocycles. The van der Waals surface area contributed by atoms with Crippen molar-refractivity contribution >= 4 is 34.7 Å². The van der Waals surface area contributed by atoms with Gasteiger partial charge in [0.2, 0.25) is 0 Å². The van der Waals surface area contributed by atoms with E-state index in [-0.39, 0.29) is 12.2 Å². The molecule has 0 aliphatic carbocycles. The van der Waals surface area contributed by atoms with Gasteiger partial charge >= 0.3 is 5.97 Å². The predicted molar refractivity (Wildman–Crippen MR) is 124 cm³/mol. The largest absolute Gasteiger partial charge is 0.497 e. The summed E-state index contributed by atoms with van der Waals surface area (Å²) in [6.45, 7) is 3.77. The molecule has 32 heavy (non-hydrogen) atoms. The van der Waals surface area contributed by atoms with Crippen LogP contribution < -0.4 is 24.4 Å². The predicted octanol–water partition coefficient (Wildman–Crippen LogP) is 2.88. The van der Waals surface area contributed by atoms with Crippen molar-refractivity contribution in [3.8, 4) is 11.5 Å². The lowest BCUT2D eigenvalue weighted by atomic mass is 10.0. The highest BCUT2D eigenvalue weighted by Crippen LogP contribution is 2.33. The zero-order valence-electron chi connectivity index (χ0n) is 18.1. The van der Waals surface area contributed by atoms with Gasteiger partial charge in [-0.15, -0.1) is 11.3 Å². The van der Waals surface area contributed by atoms with E-state index in [1.54, 1.807) is 44.8 Å². The second-order valence-corrected chi connectivity index (χ2v) is 8.91. The van der Waals surface area contributed by atoms with Gasteiger partial charge in [-0.1, -0.05) is 17.4 Å². The molecule has 1 aromatic carbocycles. The number of rotatable bonds is 6. The van der Waals surface area contributed by atoms with Crippen molar-refractivity contribution in [3.05, 3.63) is 77.1 Å². The van der Waals surface area contributed by atoms with Crippen LogP contribution in [0.15, 0.2) is 56.8 Å². The average Bonchev–Trinajstić information content (AvgIpc) is 3.42. The molecule has 0 N–H and O–H groups in total. The van der Waals surface area contributed by atoms with Crippen molar-refractivity contribution < 1.29 is 19.0 Å². The number of allylic oxidation sites excluding steroid dienone is 1. The molecule has 166 valence electrons. The Bertz CT molecular complexity index is 1370. The van der Waals surface area contributed by atoms with E-state index in [2.05, 4.69) is 4.99 Å². The second kappa shape index (κ2) is 9.13. The molecule has 0 bridgehead atoms. The number of aromatic nitrogens is 1. The van der Waals surface area contributed by atoms with Crippen molar-refractivity contribution in [2.45, 2.75) is 19.9 Å². The Morgan fingerprint density at radius 3 is 2.72 bits per heavy atom. The van der Waals surface area contributed by atoms with Gasteiger partial charge in [0.25, 0.3) is 5.56 Å². The molecule has 0 saturated carbocycles. The van der Waals surface area contributed by atoms with Crippen molar-refractivity contribution in [1.82, 2.24) is 4.57 Å². The molecule has 4 rings (SSSR count). The first-order valence-corrected chi connectivity index (χ1v) is 11.6. The highest BCUT2D eigenvalue weighted by atomic mass is 32.1. The van der Waals surface area contributed by atoms with Crippen molar-refractivity contribution in [2.24, 2.45) is 4.99 Å². The summed E-state index contributed by atoms with van der Waals surface area (Å²) >= 11 is 2.76. The Kier molecular flexibility index (Phi) is 6.29. The number of hydrogen-bond acceptors (Lipinski definition) is 8. The number of methoxy groups -OCH3 is 2. The normalized spacial score (nSPS) is 15.9. The molecule has 0 unspecified atom stereocenters. The highest BCUT2D eigenvalue weighted by molar-refractivity contribution is 7.10. The third-order valence-corrected chi connectivity index (χ3v) is 6.96. The zero-order valence-corrected chi connectivity index (χ0v) is 19.7. The van der Waals surface area contributed by atoms with E-state index >= 15 is 0 Å². The number of carbonyl (C=O) groups is 1. The molecule has 2 aromatic heterocycles. The Morgan fingerprint density at radius 1 is 1.25 bits per heavy atom. The van der Waals surface area contributed by atoms with Crippen LogP contribution in [0.25, 0.3) is 6.08 Å². The molecule has 0 amide bonds. The molecule has 9 heteroatoms. The van der Waals surface area contributed by atoms with Crippen molar-refractivity contribution in [1.29, 1.82) is 0 Å². The van der Waals surface area contributed by atoms with Gasteiger partial charge in [-0.05, 0) is 43.5 Å². The van der Waals surface area contributed by atoms with Crippen LogP contribution >= 0.6 is 22.7 Å². The summed E-state index contributed by atoms with van der Waals surface area (Å²) in [4.78, 5) is 32.3. The first-order valence-electron chi connectivity index (χ1n) is 9.93. The minimum atomic E-state index is -0.579. The van der Waals surface area contributed by atoms with E-state index in [4.69, 9.17) is 14.2 Å². The van der Waals surface area contributed by atoms with Crippen LogP contribution in [0.2, 0.25) is 0 Å². The van der Waals surface area contributed by atoms with Gasteiger partial charge in [-0.3, -0.25) is 9.36 Å². The average molecular weight is 471 g/mol. The van der Waals surface area contributed by atoms with E-state index in [1.165, 1.54) is 22.7 Å². The Morgan fingerprint density at radius 2 is 2.06 bits per heavy atom. The van der Waals surface area contributed by atoms with Crippen LogP contribution in [-0.2, 0) is 9.53 Å². The lowest BCUT2D eigenvalue weighted by Gasteiger charge is -2.23. The van der Waals surface area contributed by atoms with Gasteiger partial charge < -0.3 is 14.2 Å². The number of carbonyl (C=O) groups excluding carboxylic acids is 1. The van der Waals surface area contributed by atoms with Gasteiger partial charge in [0.1, 0.15) is 17.5 Å². The number of fused-ring (bicyclic) bond motifs is 1. The molecule has 1 atom stereocenters. The SMILES string of the molecule is CCOC(=O)C1=C(C)N=c2sc(=Cc3ccc(OC)cc3OC)c(=O)n2[C@@H]1c1cccs1. The molecule has 3 aromatic rings. The summed E-state index contributed by atoms with van der Waals surface area (Å²) in [6.07, 6.45) is 1.77. The molecule has 3 heterocycles. The molecule has 0 fully saturated rings. The lowest BCUT2D eigenvalue weighted by Crippen LogP contribution is -2.39. The van der Waals surface area contributed by atoms with E-state index in [9.17, 15) is 9.59 Å². The third kappa shape index (κ3) is 3.89. The molecule has 0 spiro atoms. The number of esters is 1. The number of nitrogens with zero attached hydrogens (tertiary/aromatic N) is 2. The Hall–Kier alpha value is -3.17. The summed E-state index contributed by atoms with van der Waals surface area (Å²) in [6, 6.07) is 8.64. The van der Waals surface area contributed by atoms with Crippen molar-refractivity contribution in [2.75, 3.05) is 20.8 Å². The monoisotopic (exact) mass is 470 g/mol. The first kappa shape index (κ1) is 22.0. The van der Waals surface area contributed by atoms with Gasteiger partial charge in [-0.25, -0.2) is 9.79 Å². The minimum Gasteiger partial charge on any atom is -0.497 e. The van der Waals surface area contributed by atoms with Gasteiger partial charge in [0.15, 0.2) is 4.80 Å². The van der Waals surface area contributed by atoms with Crippen LogP contribution in [-0.4, -0.2) is 31.4 Å². The number of ether oxygens (including phenoxy) is 3. The quantitative estimate of drug-likeness (QED) is 0.518. The van der Waals surface area contributed by atoms with Gasteiger partial charge in [0, 0.05) is 16.5 Å². The van der Waals surface area contributed by atoms with Crippen molar-refractivity contribution in [3.63, 3.8) is 0 Å². The maximum absolute atomic E-state index is 13.5. The van der Waals surface area contributed by atoms with E-state index in [0.717, 1.165) is 10.4 Å². The fourth-order valence-electron chi connectivity index (χ4n) is 3.59. The molecule has 1 aliphatic rings. The topological polar surface area (TPSA) is 79.1 Å². The fourth-order valence-corrected chi connectivity index (χ4v) is 5.45. The van der Waals surface area contributed by atoms with Crippen LogP contribution in [0.3, 0.4) is 0 Å². The summed E-state index contributed by atoms with van der Waals surface area (Å²) in [7, 11) is 3.15. The standard InChI is InChI=1S/C23H22N2O5S2/c1-5-30-22(27)19-13(2)24-23-25(20(19)17-7-6-10-31-17)21(26)18(32-23)11-14-8-9-15(28-3)12-16(14)29-4/h6-12,20H,5H2,1-4H3/t20-/m1/s1. The summed E-state index contributed by atoms with van der Waals surface area (Å²) in [5, 5.41) is 1.92. The fraction of sp³-hybridized carbons (Fsp3) is 0.261. The van der Waals surface area contributed by atoms with E-state index < -0.39 is 12.0 Å². The van der Waals surface area contributed by atoms with Crippen LogP contribution in [0.5, 0.6) is 11.5 Å². The summed E-state index contributed by atoms with van der Waals surface area (Å²) in [5.41, 5.74) is 1.46. The summed E-state index contributed by atoms with van der Waals surface area (Å²) in [5.74, 6) is 0.791. The molecular formula is C23H22N2O5S2. The van der Waals surface area contributed by atoms with E-state index in [1.807, 2.05) is 29.6 Å². The van der Waals surface area contributed by atoms with Crippen LogP contribution in [0.1, 0.15) is 30.3 Å². The number of thiophene rings is 1. The highest BCUT2D eigenvalue weighted by Gasteiger charge is 2.33. The maximum atomic E-state index is 13.5. The summed E-state index contributed by atoms with van der Waals surface area (Å²) < 4.78 is 18.1. The molecule has 7 nitrogen and oxygen atoms in total. The third-order valence-electron chi connectivity index (χ3n) is 5.06. The molecular weight excluding hydrogens is 448 g/mol. The lowest BCUT2D eigenvalue weighted by molar-refractivity contribution is -0.139. The Labute approximate surface area is 192 Å². The smallest absolute Gasteiger partial charge is 0.338 e. The zero-order chi connectivity index (χ0) is 22.8. The number of thiazole rings is 1. The number of benzene rings is 1. The molecule has 0 saturated heterocycles. The van der Waals surface area contributed by atoms with Gasteiger partial charge in [-0.2, -0.15) is 0 Å².